The van der Waals surface area contributed by atoms with Crippen LogP contribution in [-0.2, 0) is 0 Å². The van der Waals surface area contributed by atoms with Crippen molar-refractivity contribution in [2.45, 2.75) is 53.4 Å². The second kappa shape index (κ2) is 16.4. The summed E-state index contributed by atoms with van der Waals surface area (Å²) in [4.78, 5) is 1.93. The predicted octanol–water partition coefficient (Wildman–Crippen LogP) is 2.62. The van der Waals surface area contributed by atoms with Gasteiger partial charge in [0.15, 0.2) is 10.2 Å². The number of hydrogen-bond donors (Lipinski definition) is 3. The third kappa shape index (κ3) is 15.4. The van der Waals surface area contributed by atoms with Crippen LogP contribution < -0.4 is 16.4 Å². The summed E-state index contributed by atoms with van der Waals surface area (Å²) in [5, 5.41) is 7.62. The maximum Gasteiger partial charge on any atom is 0.166 e. The summed E-state index contributed by atoms with van der Waals surface area (Å²) in [6, 6.07) is 0. The summed E-state index contributed by atoms with van der Waals surface area (Å²) in [5.74, 6) is 0. The number of nitrogens with zero attached hydrogens (tertiary/aromatic N) is 1. The number of hydrogen-bond acceptors (Lipinski definition) is 2. The lowest BCUT2D eigenvalue weighted by atomic mass is 10.3. The first-order valence-electron chi connectivity index (χ1n) is 7.59. The molecule has 0 aromatic rings. The van der Waals surface area contributed by atoms with Gasteiger partial charge in [0, 0.05) is 26.2 Å². The van der Waals surface area contributed by atoms with Gasteiger partial charge in [-0.2, -0.15) is 0 Å². The minimum Gasteiger partial charge on any atom is -0.376 e. The molecule has 0 bridgehead atoms. The highest BCUT2D eigenvalue weighted by Gasteiger charge is 1.96. The maximum absolute atomic E-state index is 5.32. The van der Waals surface area contributed by atoms with Crippen LogP contribution in [0.3, 0.4) is 0 Å². The molecule has 4 nitrogen and oxygen atoms in total. The Balaban J connectivity index is 0. The van der Waals surface area contributed by atoms with Crippen LogP contribution in [0.1, 0.15) is 53.4 Å². The van der Waals surface area contributed by atoms with E-state index in [0.717, 1.165) is 31.3 Å². The van der Waals surface area contributed by atoms with E-state index in [1.54, 1.807) is 0 Å². The minimum absolute atomic E-state index is 0.495. The zero-order valence-corrected chi connectivity index (χ0v) is 15.1. The van der Waals surface area contributed by atoms with E-state index >= 15 is 0 Å². The van der Waals surface area contributed by atoms with E-state index in [2.05, 4.69) is 24.5 Å². The van der Waals surface area contributed by atoms with Gasteiger partial charge in [-0.15, -0.1) is 0 Å². The van der Waals surface area contributed by atoms with Gasteiger partial charge in [-0.05, 0) is 51.1 Å². The van der Waals surface area contributed by atoms with Crippen molar-refractivity contribution in [1.29, 1.82) is 0 Å². The van der Waals surface area contributed by atoms with Crippen molar-refractivity contribution in [3.8, 4) is 0 Å². The van der Waals surface area contributed by atoms with Gasteiger partial charge in [0.05, 0.1) is 0 Å². The van der Waals surface area contributed by atoms with Crippen molar-refractivity contribution >= 4 is 34.7 Å². The highest BCUT2D eigenvalue weighted by atomic mass is 32.1. The largest absolute Gasteiger partial charge is 0.376 e. The number of unbranched alkanes of at least 4 members (excludes halogenated alkanes) is 2. The van der Waals surface area contributed by atoms with E-state index in [1.165, 1.54) is 25.7 Å². The monoisotopic (exact) mass is 320 g/mol. The number of nitrogens with one attached hydrogen (secondary N) is 2. The number of thiocarbonyl (C=S) groups is 2. The Morgan fingerprint density at radius 2 is 1.30 bits per heavy atom. The summed E-state index contributed by atoms with van der Waals surface area (Å²) >= 11 is 9.78. The number of rotatable bonds is 8. The van der Waals surface area contributed by atoms with E-state index in [9.17, 15) is 0 Å². The third-order valence-corrected chi connectivity index (χ3v) is 3.25. The first-order valence-corrected chi connectivity index (χ1v) is 8.41. The highest BCUT2D eigenvalue weighted by molar-refractivity contribution is 7.80. The second-order valence-electron chi connectivity index (χ2n) is 4.40. The number of nitrogens with two attached hydrogens (primary N) is 1. The van der Waals surface area contributed by atoms with Crippen LogP contribution in [0.4, 0.5) is 0 Å². The van der Waals surface area contributed by atoms with E-state index in [4.69, 9.17) is 30.2 Å². The fourth-order valence-electron chi connectivity index (χ4n) is 1.36. The topological polar surface area (TPSA) is 53.3 Å². The molecule has 0 aromatic heterocycles. The summed E-state index contributed by atoms with van der Waals surface area (Å²) in [6.45, 7) is 12.2. The van der Waals surface area contributed by atoms with Crippen LogP contribution in [0.15, 0.2) is 0 Å². The van der Waals surface area contributed by atoms with Crippen molar-refractivity contribution in [3.63, 3.8) is 0 Å². The summed E-state index contributed by atoms with van der Waals surface area (Å²) in [7, 11) is 0. The molecule has 0 saturated heterocycles. The molecule has 20 heavy (non-hydrogen) atoms. The molecule has 120 valence electrons. The molecule has 0 aliphatic carbocycles. The summed E-state index contributed by atoms with van der Waals surface area (Å²) in [5.41, 5.74) is 5.32. The Morgan fingerprint density at radius 3 is 1.50 bits per heavy atom. The van der Waals surface area contributed by atoms with Gasteiger partial charge in [-0.3, -0.25) is 0 Å². The molecule has 0 aliphatic heterocycles. The van der Waals surface area contributed by atoms with Gasteiger partial charge in [0.25, 0.3) is 0 Å². The fraction of sp³-hybridized carbons (Fsp3) is 0.857. The molecule has 0 aromatic carbocycles. The second-order valence-corrected chi connectivity index (χ2v) is 5.23. The van der Waals surface area contributed by atoms with E-state index < -0.39 is 0 Å². The molecule has 0 fully saturated rings. The lowest BCUT2D eigenvalue weighted by Gasteiger charge is -2.17. The molecule has 0 atom stereocenters. The van der Waals surface area contributed by atoms with Crippen molar-refractivity contribution in [2.75, 3.05) is 26.2 Å². The molecule has 0 aliphatic rings. The molecule has 0 amide bonds. The first kappa shape index (κ1) is 21.7. The molecule has 0 heterocycles. The summed E-state index contributed by atoms with van der Waals surface area (Å²) in [6.07, 6.45) is 4.81. The van der Waals surface area contributed by atoms with Crippen LogP contribution in [0, 0.1) is 0 Å². The summed E-state index contributed by atoms with van der Waals surface area (Å²) < 4.78 is 0. The van der Waals surface area contributed by atoms with Gasteiger partial charge in [0.1, 0.15) is 0 Å². The first-order chi connectivity index (χ1) is 9.53. The maximum atomic E-state index is 5.32. The van der Waals surface area contributed by atoms with Crippen molar-refractivity contribution < 1.29 is 0 Å². The van der Waals surface area contributed by atoms with Crippen LogP contribution in [0.2, 0.25) is 0 Å². The standard InChI is InChI=1S/C9H20N2S.C5H12N2S/c1-3-5-7-10-9(12)11-8-6-4-2;1-3-7(4-2)5(6)8/h3-8H2,1-2H3,(H2,10,11,12);3-4H2,1-2H3,(H2,6,8). The van der Waals surface area contributed by atoms with E-state index in [-0.39, 0.29) is 0 Å². The average Bonchev–Trinajstić information content (AvgIpc) is 2.41. The lowest BCUT2D eigenvalue weighted by Crippen LogP contribution is -2.36. The van der Waals surface area contributed by atoms with Crippen molar-refractivity contribution in [1.82, 2.24) is 15.5 Å². The van der Waals surface area contributed by atoms with Gasteiger partial charge in [-0.25, -0.2) is 0 Å². The van der Waals surface area contributed by atoms with E-state index in [0.29, 0.717) is 5.11 Å². The predicted molar refractivity (Wildman–Crippen MR) is 98.1 cm³/mol. The Labute approximate surface area is 135 Å². The SMILES string of the molecule is CCCCNC(=S)NCCCC.CCN(CC)C(N)=S. The Morgan fingerprint density at radius 1 is 0.900 bits per heavy atom. The molecular formula is C14H32N4S2. The molecule has 0 saturated carbocycles. The normalized spacial score (nSPS) is 9.20. The van der Waals surface area contributed by atoms with Gasteiger partial charge in [0.2, 0.25) is 0 Å². The molecule has 0 radical (unpaired) electrons. The smallest absolute Gasteiger partial charge is 0.166 e. The van der Waals surface area contributed by atoms with Gasteiger partial charge in [-0.1, -0.05) is 26.7 Å². The lowest BCUT2D eigenvalue weighted by molar-refractivity contribution is 0.469. The van der Waals surface area contributed by atoms with Gasteiger partial charge < -0.3 is 21.3 Å². The fourth-order valence-corrected chi connectivity index (χ4v) is 1.82. The van der Waals surface area contributed by atoms with Gasteiger partial charge >= 0.3 is 0 Å². The third-order valence-electron chi connectivity index (χ3n) is 2.71. The van der Waals surface area contributed by atoms with Crippen LogP contribution in [0.5, 0.6) is 0 Å². The molecule has 6 heteroatoms. The Kier molecular flexibility index (Phi) is 17.8. The molecule has 4 N–H and O–H groups in total. The van der Waals surface area contributed by atoms with Crippen LogP contribution in [-0.4, -0.2) is 41.3 Å². The Hall–Kier alpha value is -0.620. The Bertz CT molecular complexity index is 231. The molecular weight excluding hydrogens is 288 g/mol. The van der Waals surface area contributed by atoms with Crippen molar-refractivity contribution in [3.05, 3.63) is 0 Å². The zero-order chi connectivity index (χ0) is 15.8. The molecule has 0 rings (SSSR count). The van der Waals surface area contributed by atoms with Crippen LogP contribution in [0.25, 0.3) is 0 Å². The minimum atomic E-state index is 0.495. The van der Waals surface area contributed by atoms with Crippen molar-refractivity contribution in [2.24, 2.45) is 5.73 Å². The van der Waals surface area contributed by atoms with E-state index in [1.807, 2.05) is 18.7 Å². The average molecular weight is 321 g/mol. The molecule has 0 unspecified atom stereocenters. The zero-order valence-electron chi connectivity index (χ0n) is 13.5. The highest BCUT2D eigenvalue weighted by Crippen LogP contribution is 1.84. The quantitative estimate of drug-likeness (QED) is 0.472. The van der Waals surface area contributed by atoms with Crippen LogP contribution >= 0.6 is 24.4 Å². The molecule has 0 spiro atoms.